The average molecular weight is 408 g/mol. The van der Waals surface area contributed by atoms with Crippen molar-refractivity contribution >= 4 is 34.2 Å². The first-order chi connectivity index (χ1) is 10.6. The van der Waals surface area contributed by atoms with Crippen LogP contribution >= 0.6 is 22.6 Å². The second kappa shape index (κ2) is 8.05. The predicted octanol–water partition coefficient (Wildman–Crippen LogP) is 3.52. The maximum atomic E-state index is 12.2. The molecule has 1 atom stereocenters. The fraction of sp³-hybridized carbons (Fsp3) is 0.176. The lowest BCUT2D eigenvalue weighted by atomic mass is 10.1. The first kappa shape index (κ1) is 16.6. The number of hydrogen-bond acceptors (Lipinski definition) is 3. The largest absolute Gasteiger partial charge is 0.367 e. The van der Waals surface area contributed by atoms with Crippen LogP contribution in [0.1, 0.15) is 24.2 Å². The van der Waals surface area contributed by atoms with Crippen molar-refractivity contribution in [3.05, 3.63) is 69.3 Å². The van der Waals surface area contributed by atoms with E-state index in [9.17, 15) is 4.79 Å². The van der Waals surface area contributed by atoms with Crippen molar-refractivity contribution in [2.24, 2.45) is 5.10 Å². The van der Waals surface area contributed by atoms with Gasteiger partial charge in [0.25, 0.3) is 5.91 Å². The van der Waals surface area contributed by atoms with Crippen LogP contribution in [0.15, 0.2) is 59.7 Å². The van der Waals surface area contributed by atoms with E-state index in [2.05, 4.69) is 33.1 Å². The van der Waals surface area contributed by atoms with Crippen LogP contribution in [-0.2, 0) is 9.53 Å². The molecule has 22 heavy (non-hydrogen) atoms. The number of halogens is 1. The molecule has 0 aliphatic heterocycles. The number of nitrogens with zero attached hydrogens (tertiary/aromatic N) is 1. The SMILES string of the molecule is COC(C(=O)NN=C(C)c1ccc(I)cc1)c1ccccc1. The Labute approximate surface area is 143 Å². The summed E-state index contributed by atoms with van der Waals surface area (Å²) in [6, 6.07) is 17.3. The minimum atomic E-state index is -0.672. The predicted molar refractivity (Wildman–Crippen MR) is 95.7 cm³/mol. The van der Waals surface area contributed by atoms with Gasteiger partial charge in [0.05, 0.1) is 5.71 Å². The highest BCUT2D eigenvalue weighted by Crippen LogP contribution is 2.16. The van der Waals surface area contributed by atoms with Gasteiger partial charge in [-0.15, -0.1) is 0 Å². The van der Waals surface area contributed by atoms with Crippen molar-refractivity contribution in [1.29, 1.82) is 0 Å². The van der Waals surface area contributed by atoms with Crippen LogP contribution in [0.5, 0.6) is 0 Å². The molecule has 4 nitrogen and oxygen atoms in total. The van der Waals surface area contributed by atoms with E-state index in [0.717, 1.165) is 20.4 Å². The average Bonchev–Trinajstić information content (AvgIpc) is 2.55. The maximum Gasteiger partial charge on any atom is 0.273 e. The molecule has 0 heterocycles. The molecule has 1 unspecified atom stereocenters. The Morgan fingerprint density at radius 1 is 1.14 bits per heavy atom. The quantitative estimate of drug-likeness (QED) is 0.468. The molecule has 0 aromatic heterocycles. The molecule has 0 radical (unpaired) electrons. The number of methoxy groups -OCH3 is 1. The molecule has 0 aliphatic rings. The van der Waals surface area contributed by atoms with E-state index in [-0.39, 0.29) is 5.91 Å². The van der Waals surface area contributed by atoms with E-state index in [1.807, 2.05) is 61.5 Å². The van der Waals surface area contributed by atoms with E-state index in [0.29, 0.717) is 0 Å². The van der Waals surface area contributed by atoms with Crippen LogP contribution in [0.25, 0.3) is 0 Å². The first-order valence-corrected chi connectivity index (χ1v) is 7.87. The van der Waals surface area contributed by atoms with Crippen LogP contribution in [0.3, 0.4) is 0 Å². The summed E-state index contributed by atoms with van der Waals surface area (Å²) < 4.78 is 6.42. The summed E-state index contributed by atoms with van der Waals surface area (Å²) in [5.74, 6) is -0.293. The fourth-order valence-corrected chi connectivity index (χ4v) is 2.34. The number of rotatable bonds is 5. The number of carbonyl (C=O) groups is 1. The van der Waals surface area contributed by atoms with Gasteiger partial charge in [-0.3, -0.25) is 4.79 Å². The molecule has 2 aromatic rings. The summed E-state index contributed by atoms with van der Waals surface area (Å²) in [4.78, 5) is 12.2. The third-order valence-corrected chi connectivity index (χ3v) is 3.89. The van der Waals surface area contributed by atoms with Crippen LogP contribution in [0.2, 0.25) is 0 Å². The van der Waals surface area contributed by atoms with Crippen LogP contribution in [-0.4, -0.2) is 18.7 Å². The highest BCUT2D eigenvalue weighted by atomic mass is 127. The molecular weight excluding hydrogens is 391 g/mol. The molecule has 0 saturated carbocycles. The number of carbonyl (C=O) groups excluding carboxylic acids is 1. The monoisotopic (exact) mass is 408 g/mol. The molecule has 2 rings (SSSR count). The van der Waals surface area contributed by atoms with Gasteiger partial charge in [0.1, 0.15) is 0 Å². The molecule has 0 aliphatic carbocycles. The van der Waals surface area contributed by atoms with Crippen LogP contribution < -0.4 is 5.43 Å². The Morgan fingerprint density at radius 2 is 1.77 bits per heavy atom. The van der Waals surface area contributed by atoms with Gasteiger partial charge >= 0.3 is 0 Å². The molecule has 1 N–H and O–H groups in total. The summed E-state index contributed by atoms with van der Waals surface area (Å²) in [6.45, 7) is 1.85. The van der Waals surface area contributed by atoms with E-state index in [1.54, 1.807) is 0 Å². The molecule has 114 valence electrons. The molecule has 0 fully saturated rings. The van der Waals surface area contributed by atoms with Gasteiger partial charge in [-0.2, -0.15) is 5.10 Å². The minimum Gasteiger partial charge on any atom is -0.367 e. The van der Waals surface area contributed by atoms with E-state index < -0.39 is 6.10 Å². The van der Waals surface area contributed by atoms with Gasteiger partial charge < -0.3 is 4.74 Å². The zero-order chi connectivity index (χ0) is 15.9. The maximum absolute atomic E-state index is 12.2. The van der Waals surface area contributed by atoms with Crippen molar-refractivity contribution in [3.63, 3.8) is 0 Å². The first-order valence-electron chi connectivity index (χ1n) is 6.79. The van der Waals surface area contributed by atoms with Crippen LogP contribution in [0, 0.1) is 3.57 Å². The Kier molecular flexibility index (Phi) is 6.09. The van der Waals surface area contributed by atoms with E-state index in [4.69, 9.17) is 4.74 Å². The molecule has 0 bridgehead atoms. The molecule has 0 saturated heterocycles. The van der Waals surface area contributed by atoms with Gasteiger partial charge in [0, 0.05) is 10.7 Å². The Morgan fingerprint density at radius 3 is 2.36 bits per heavy atom. The molecule has 0 spiro atoms. The summed E-state index contributed by atoms with van der Waals surface area (Å²) in [7, 11) is 1.51. The number of nitrogens with one attached hydrogen (secondary N) is 1. The number of hydrogen-bond donors (Lipinski definition) is 1. The number of amides is 1. The van der Waals surface area contributed by atoms with Crippen molar-refractivity contribution in [2.45, 2.75) is 13.0 Å². The highest BCUT2D eigenvalue weighted by molar-refractivity contribution is 14.1. The Bertz CT molecular complexity index is 654. The zero-order valence-corrected chi connectivity index (χ0v) is 14.6. The number of hydrazone groups is 1. The second-order valence-corrected chi connectivity index (χ2v) is 5.95. The highest BCUT2D eigenvalue weighted by Gasteiger charge is 2.19. The van der Waals surface area contributed by atoms with E-state index in [1.165, 1.54) is 7.11 Å². The lowest BCUT2D eigenvalue weighted by Gasteiger charge is -2.14. The fourth-order valence-electron chi connectivity index (χ4n) is 1.98. The minimum absolute atomic E-state index is 0.293. The van der Waals surface area contributed by atoms with Crippen molar-refractivity contribution in [1.82, 2.24) is 5.43 Å². The summed E-state index contributed by atoms with van der Waals surface area (Å²) in [5, 5.41) is 4.15. The van der Waals surface area contributed by atoms with Gasteiger partial charge in [0.2, 0.25) is 0 Å². The van der Waals surface area contributed by atoms with Gasteiger partial charge in [-0.25, -0.2) is 5.43 Å². The Hall–Kier alpha value is -1.73. The molecule has 1 amide bonds. The van der Waals surface area contributed by atoms with Gasteiger partial charge in [-0.1, -0.05) is 42.5 Å². The third-order valence-electron chi connectivity index (χ3n) is 3.17. The van der Waals surface area contributed by atoms with Gasteiger partial charge in [0.15, 0.2) is 6.10 Å². The molecule has 5 heteroatoms. The van der Waals surface area contributed by atoms with Crippen molar-refractivity contribution < 1.29 is 9.53 Å². The van der Waals surface area contributed by atoms with Crippen LogP contribution in [0.4, 0.5) is 0 Å². The van der Waals surface area contributed by atoms with Gasteiger partial charge in [-0.05, 0) is 52.8 Å². The normalized spacial score (nSPS) is 12.8. The summed E-state index contributed by atoms with van der Waals surface area (Å²) in [6.07, 6.45) is -0.672. The number of ether oxygens (including phenoxy) is 1. The Balaban J connectivity index is 2.07. The van der Waals surface area contributed by atoms with Crippen molar-refractivity contribution in [2.75, 3.05) is 7.11 Å². The van der Waals surface area contributed by atoms with E-state index >= 15 is 0 Å². The zero-order valence-electron chi connectivity index (χ0n) is 12.4. The second-order valence-electron chi connectivity index (χ2n) is 4.71. The third kappa shape index (κ3) is 4.38. The smallest absolute Gasteiger partial charge is 0.273 e. The molecule has 2 aromatic carbocycles. The van der Waals surface area contributed by atoms with Crippen molar-refractivity contribution in [3.8, 4) is 0 Å². The topological polar surface area (TPSA) is 50.7 Å². The summed E-state index contributed by atoms with van der Waals surface area (Å²) >= 11 is 2.25. The lowest BCUT2D eigenvalue weighted by Crippen LogP contribution is -2.27. The lowest BCUT2D eigenvalue weighted by molar-refractivity contribution is -0.131. The molecular formula is C17H17IN2O2. The standard InChI is InChI=1S/C17H17IN2O2/c1-12(13-8-10-15(18)11-9-13)19-20-17(21)16(22-2)14-6-4-3-5-7-14/h3-11,16H,1-2H3,(H,20,21). The number of benzene rings is 2. The summed E-state index contributed by atoms with van der Waals surface area (Å²) in [5.41, 5.74) is 5.07.